The average Bonchev–Trinajstić information content (AvgIpc) is 3.06. The van der Waals surface area contributed by atoms with Crippen LogP contribution in [0.2, 0.25) is 0 Å². The second kappa shape index (κ2) is 8.44. The predicted molar refractivity (Wildman–Crippen MR) is 90.3 cm³/mol. The summed E-state index contributed by atoms with van der Waals surface area (Å²) in [7, 11) is 0. The fourth-order valence-electron chi connectivity index (χ4n) is 1.84. The molecule has 4 nitrogen and oxygen atoms in total. The molecule has 0 unspecified atom stereocenters. The monoisotopic (exact) mass is 319 g/mol. The Morgan fingerprint density at radius 3 is 2.45 bits per heavy atom. The van der Waals surface area contributed by atoms with Gasteiger partial charge in [-0.15, -0.1) is 11.3 Å². The third-order valence-corrected chi connectivity index (χ3v) is 3.74. The van der Waals surface area contributed by atoms with Crippen molar-refractivity contribution in [3.8, 4) is 11.5 Å². The van der Waals surface area contributed by atoms with Gasteiger partial charge in [0.25, 0.3) is 5.91 Å². The molecule has 0 aliphatic carbocycles. The summed E-state index contributed by atoms with van der Waals surface area (Å²) in [6, 6.07) is 9.14. The average molecular weight is 319 g/mol. The Kier molecular flexibility index (Phi) is 6.27. The summed E-state index contributed by atoms with van der Waals surface area (Å²) in [5.74, 6) is 1.27. The van der Waals surface area contributed by atoms with Gasteiger partial charge in [0.1, 0.15) is 0 Å². The molecule has 0 aliphatic heterocycles. The van der Waals surface area contributed by atoms with E-state index in [9.17, 15) is 4.79 Å². The van der Waals surface area contributed by atoms with Gasteiger partial charge in [-0.25, -0.2) is 0 Å². The van der Waals surface area contributed by atoms with Crippen LogP contribution in [0, 0.1) is 0 Å². The Bertz CT molecular complexity index is 596. The summed E-state index contributed by atoms with van der Waals surface area (Å²) >= 11 is 1.41. The number of ether oxygens (including phenoxy) is 2. The summed E-state index contributed by atoms with van der Waals surface area (Å²) in [6.07, 6.45) is 1.85. The van der Waals surface area contributed by atoms with E-state index in [1.165, 1.54) is 11.3 Å². The normalized spacial score (nSPS) is 10.3. The Morgan fingerprint density at radius 2 is 1.82 bits per heavy atom. The molecule has 2 rings (SSSR count). The minimum Gasteiger partial charge on any atom is -0.490 e. The molecule has 1 N–H and O–H groups in total. The van der Waals surface area contributed by atoms with Crippen LogP contribution in [0.5, 0.6) is 11.5 Å². The maximum absolute atomic E-state index is 12.1. The summed E-state index contributed by atoms with van der Waals surface area (Å²) in [5.41, 5.74) is 0.702. The number of carbonyl (C=O) groups is 1. The van der Waals surface area contributed by atoms with Crippen molar-refractivity contribution in [2.45, 2.75) is 26.7 Å². The molecule has 0 atom stereocenters. The molecule has 1 aromatic carbocycles. The van der Waals surface area contributed by atoms with Crippen LogP contribution in [0.15, 0.2) is 35.7 Å². The largest absolute Gasteiger partial charge is 0.490 e. The summed E-state index contributed by atoms with van der Waals surface area (Å²) in [6.45, 7) is 5.37. The third-order valence-electron chi connectivity index (χ3n) is 2.87. The van der Waals surface area contributed by atoms with E-state index in [-0.39, 0.29) is 5.91 Å². The molecule has 1 aromatic heterocycles. The first-order valence-corrected chi connectivity index (χ1v) is 8.37. The van der Waals surface area contributed by atoms with Crippen LogP contribution < -0.4 is 14.8 Å². The van der Waals surface area contributed by atoms with E-state index < -0.39 is 0 Å². The first-order chi connectivity index (χ1) is 10.7. The van der Waals surface area contributed by atoms with Crippen molar-refractivity contribution in [2.75, 3.05) is 18.5 Å². The first-order valence-electron chi connectivity index (χ1n) is 7.49. The number of rotatable bonds is 8. The molecule has 0 spiro atoms. The summed E-state index contributed by atoms with van der Waals surface area (Å²) in [4.78, 5) is 12.8. The molecule has 0 bridgehead atoms. The van der Waals surface area contributed by atoms with E-state index in [0.717, 1.165) is 12.8 Å². The molecule has 22 heavy (non-hydrogen) atoms. The minimum absolute atomic E-state index is 0.112. The zero-order chi connectivity index (χ0) is 15.8. The predicted octanol–water partition coefficient (Wildman–Crippen LogP) is 4.58. The van der Waals surface area contributed by atoms with Crippen molar-refractivity contribution in [1.82, 2.24) is 0 Å². The van der Waals surface area contributed by atoms with E-state index in [0.29, 0.717) is 35.3 Å². The van der Waals surface area contributed by atoms with Gasteiger partial charge in [-0.05, 0) is 36.4 Å². The summed E-state index contributed by atoms with van der Waals surface area (Å²) in [5, 5.41) is 4.76. The van der Waals surface area contributed by atoms with Crippen LogP contribution in [-0.2, 0) is 0 Å². The van der Waals surface area contributed by atoms with Gasteiger partial charge in [-0.3, -0.25) is 4.79 Å². The maximum Gasteiger partial charge on any atom is 0.265 e. The van der Waals surface area contributed by atoms with E-state index in [1.54, 1.807) is 6.07 Å². The van der Waals surface area contributed by atoms with Crippen molar-refractivity contribution >= 4 is 22.9 Å². The van der Waals surface area contributed by atoms with Crippen molar-refractivity contribution < 1.29 is 14.3 Å². The molecular weight excluding hydrogens is 298 g/mol. The Hall–Kier alpha value is -2.01. The molecule has 0 fully saturated rings. The standard InChI is InChI=1S/C17H21NO3S/c1-3-9-20-14-8-7-13(12-15(14)21-10-4-2)18-17(19)16-6-5-11-22-16/h5-8,11-12H,3-4,9-10H2,1-2H3,(H,18,19). The number of carbonyl (C=O) groups excluding carboxylic acids is 1. The van der Waals surface area contributed by atoms with E-state index in [2.05, 4.69) is 19.2 Å². The number of hydrogen-bond acceptors (Lipinski definition) is 4. The topological polar surface area (TPSA) is 47.6 Å². The fourth-order valence-corrected chi connectivity index (χ4v) is 2.46. The molecule has 2 aromatic rings. The van der Waals surface area contributed by atoms with Crippen LogP contribution in [0.4, 0.5) is 5.69 Å². The fraction of sp³-hybridized carbons (Fsp3) is 0.353. The van der Waals surface area contributed by atoms with Crippen LogP contribution in [-0.4, -0.2) is 19.1 Å². The lowest BCUT2D eigenvalue weighted by Gasteiger charge is -2.14. The first kappa shape index (κ1) is 16.4. The highest BCUT2D eigenvalue weighted by atomic mass is 32.1. The van der Waals surface area contributed by atoms with Gasteiger partial charge >= 0.3 is 0 Å². The Morgan fingerprint density at radius 1 is 1.09 bits per heavy atom. The molecule has 0 saturated carbocycles. The molecule has 0 saturated heterocycles. The zero-order valence-electron chi connectivity index (χ0n) is 12.9. The number of hydrogen-bond donors (Lipinski definition) is 1. The van der Waals surface area contributed by atoms with E-state index >= 15 is 0 Å². The third kappa shape index (κ3) is 4.49. The number of thiophene rings is 1. The van der Waals surface area contributed by atoms with Gasteiger partial charge in [-0.2, -0.15) is 0 Å². The van der Waals surface area contributed by atoms with Gasteiger partial charge in [0.15, 0.2) is 11.5 Å². The maximum atomic E-state index is 12.1. The van der Waals surface area contributed by atoms with E-state index in [4.69, 9.17) is 9.47 Å². The van der Waals surface area contributed by atoms with Gasteiger partial charge in [0.2, 0.25) is 0 Å². The Labute approximate surface area is 135 Å². The second-order valence-corrected chi connectivity index (χ2v) is 5.74. The van der Waals surface area contributed by atoms with Crippen LogP contribution in [0.25, 0.3) is 0 Å². The highest BCUT2D eigenvalue weighted by molar-refractivity contribution is 7.12. The van der Waals surface area contributed by atoms with Gasteiger partial charge < -0.3 is 14.8 Å². The van der Waals surface area contributed by atoms with Crippen LogP contribution in [0.3, 0.4) is 0 Å². The van der Waals surface area contributed by atoms with Gasteiger partial charge in [0, 0.05) is 11.8 Å². The molecular formula is C17H21NO3S. The highest BCUT2D eigenvalue weighted by Gasteiger charge is 2.10. The van der Waals surface area contributed by atoms with Crippen molar-refractivity contribution in [2.24, 2.45) is 0 Å². The quantitative estimate of drug-likeness (QED) is 0.775. The van der Waals surface area contributed by atoms with Gasteiger partial charge in [0.05, 0.1) is 18.1 Å². The molecule has 0 aliphatic rings. The molecule has 5 heteroatoms. The van der Waals surface area contributed by atoms with E-state index in [1.807, 2.05) is 29.6 Å². The van der Waals surface area contributed by atoms with Crippen LogP contribution in [0.1, 0.15) is 36.4 Å². The number of amides is 1. The molecule has 1 heterocycles. The minimum atomic E-state index is -0.112. The van der Waals surface area contributed by atoms with Crippen molar-refractivity contribution in [1.29, 1.82) is 0 Å². The smallest absolute Gasteiger partial charge is 0.265 e. The lowest BCUT2D eigenvalue weighted by molar-refractivity contribution is 0.103. The molecule has 118 valence electrons. The SMILES string of the molecule is CCCOc1ccc(NC(=O)c2cccs2)cc1OCCC. The lowest BCUT2D eigenvalue weighted by atomic mass is 10.2. The zero-order valence-corrected chi connectivity index (χ0v) is 13.7. The number of anilines is 1. The molecule has 1 amide bonds. The number of benzene rings is 1. The summed E-state index contributed by atoms with van der Waals surface area (Å²) < 4.78 is 11.4. The lowest BCUT2D eigenvalue weighted by Crippen LogP contribution is -2.10. The Balaban J connectivity index is 2.12. The highest BCUT2D eigenvalue weighted by Crippen LogP contribution is 2.31. The second-order valence-electron chi connectivity index (χ2n) is 4.79. The van der Waals surface area contributed by atoms with Gasteiger partial charge in [-0.1, -0.05) is 19.9 Å². The molecule has 0 radical (unpaired) electrons. The number of nitrogens with one attached hydrogen (secondary N) is 1. The van der Waals surface area contributed by atoms with Crippen LogP contribution >= 0.6 is 11.3 Å². The van der Waals surface area contributed by atoms with Crippen molar-refractivity contribution in [3.05, 3.63) is 40.6 Å². The van der Waals surface area contributed by atoms with Crippen molar-refractivity contribution in [3.63, 3.8) is 0 Å².